The number of hydrogen-bond donors (Lipinski definition) is 2. The predicted molar refractivity (Wildman–Crippen MR) is 95.0 cm³/mol. The molecule has 6 nitrogen and oxygen atoms in total. The quantitative estimate of drug-likeness (QED) is 0.863. The van der Waals surface area contributed by atoms with Crippen molar-refractivity contribution >= 4 is 29.1 Å². The number of aromatic nitrogens is 1. The first-order valence-electron chi connectivity index (χ1n) is 8.38. The summed E-state index contributed by atoms with van der Waals surface area (Å²) in [6, 6.07) is 6.54. The average Bonchev–Trinajstić information content (AvgIpc) is 3.04. The monoisotopic (exact) mass is 361 g/mol. The molecule has 0 radical (unpaired) electrons. The van der Waals surface area contributed by atoms with E-state index in [4.69, 9.17) is 16.1 Å². The maximum atomic E-state index is 12.5. The summed E-state index contributed by atoms with van der Waals surface area (Å²) in [5.41, 5.74) is 1.44. The number of nitrogens with zero attached hydrogens (tertiary/aromatic N) is 1. The molecule has 3 rings (SSSR count). The van der Waals surface area contributed by atoms with E-state index in [1.54, 1.807) is 31.2 Å². The van der Waals surface area contributed by atoms with E-state index in [9.17, 15) is 9.59 Å². The van der Waals surface area contributed by atoms with Gasteiger partial charge >= 0.3 is 0 Å². The van der Waals surface area contributed by atoms with E-state index in [1.807, 2.05) is 0 Å². The van der Waals surface area contributed by atoms with Crippen molar-refractivity contribution in [2.75, 3.05) is 5.32 Å². The zero-order chi connectivity index (χ0) is 17.8. The molecule has 1 aromatic heterocycles. The zero-order valence-corrected chi connectivity index (χ0v) is 14.7. The molecule has 7 heteroatoms. The molecule has 1 saturated carbocycles. The molecule has 2 aromatic rings. The van der Waals surface area contributed by atoms with Gasteiger partial charge in [0.25, 0.3) is 11.8 Å². The zero-order valence-electron chi connectivity index (χ0n) is 14.0. The first-order valence-corrected chi connectivity index (χ1v) is 8.76. The van der Waals surface area contributed by atoms with E-state index in [1.165, 1.54) is 6.42 Å². The van der Waals surface area contributed by atoms with Crippen LogP contribution in [0, 0.1) is 6.92 Å². The second kappa shape index (κ2) is 7.70. The average molecular weight is 362 g/mol. The van der Waals surface area contributed by atoms with Crippen LogP contribution in [0.5, 0.6) is 0 Å². The van der Waals surface area contributed by atoms with Crippen molar-refractivity contribution in [2.24, 2.45) is 0 Å². The topological polar surface area (TPSA) is 84.2 Å². The van der Waals surface area contributed by atoms with Crippen molar-refractivity contribution in [2.45, 2.75) is 45.1 Å². The van der Waals surface area contributed by atoms with Gasteiger partial charge in [-0.15, -0.1) is 0 Å². The lowest BCUT2D eigenvalue weighted by Gasteiger charge is -2.23. The Morgan fingerprint density at radius 3 is 2.60 bits per heavy atom. The maximum absolute atomic E-state index is 12.5. The molecule has 0 spiro atoms. The highest BCUT2D eigenvalue weighted by Gasteiger charge is 2.19. The standard InChI is InChI=1S/C18H20ClN3O3/c1-11-9-16(25-22-11)18(24)21-13-7-8-15(19)14(10-13)17(23)20-12-5-3-2-4-6-12/h7-10,12H,2-6H2,1H3,(H,20,23)(H,21,24). The number of carbonyl (C=O) groups is 2. The third kappa shape index (κ3) is 4.39. The highest BCUT2D eigenvalue weighted by Crippen LogP contribution is 2.23. The molecule has 1 heterocycles. The summed E-state index contributed by atoms with van der Waals surface area (Å²) < 4.78 is 4.93. The van der Waals surface area contributed by atoms with E-state index >= 15 is 0 Å². The van der Waals surface area contributed by atoms with E-state index in [0.717, 1.165) is 25.7 Å². The van der Waals surface area contributed by atoms with Gasteiger partial charge in [-0.25, -0.2) is 0 Å². The molecule has 0 bridgehead atoms. The number of anilines is 1. The van der Waals surface area contributed by atoms with Crippen molar-refractivity contribution < 1.29 is 14.1 Å². The summed E-state index contributed by atoms with van der Waals surface area (Å²) in [6.45, 7) is 1.73. The Morgan fingerprint density at radius 2 is 1.92 bits per heavy atom. The van der Waals surface area contributed by atoms with Gasteiger partial charge in [0.2, 0.25) is 5.76 Å². The molecule has 1 aliphatic rings. The number of benzene rings is 1. The molecule has 1 aromatic carbocycles. The number of halogens is 1. The third-order valence-electron chi connectivity index (χ3n) is 4.26. The Morgan fingerprint density at radius 1 is 1.16 bits per heavy atom. The number of amides is 2. The highest BCUT2D eigenvalue weighted by atomic mass is 35.5. The Hall–Kier alpha value is -2.34. The summed E-state index contributed by atoms with van der Waals surface area (Å²) in [4.78, 5) is 24.6. The summed E-state index contributed by atoms with van der Waals surface area (Å²) in [6.07, 6.45) is 5.46. The fraction of sp³-hybridized carbons (Fsp3) is 0.389. The molecule has 0 atom stereocenters. The molecule has 2 amide bonds. The van der Waals surface area contributed by atoms with Crippen LogP contribution in [0.25, 0.3) is 0 Å². The van der Waals surface area contributed by atoms with Gasteiger partial charge in [-0.2, -0.15) is 0 Å². The minimum absolute atomic E-state index is 0.112. The van der Waals surface area contributed by atoms with Gasteiger partial charge in [-0.3, -0.25) is 9.59 Å². The molecule has 0 aliphatic heterocycles. The lowest BCUT2D eigenvalue weighted by molar-refractivity contribution is 0.0926. The first kappa shape index (κ1) is 17.5. The van der Waals surface area contributed by atoms with Crippen molar-refractivity contribution in [1.29, 1.82) is 0 Å². The van der Waals surface area contributed by atoms with Crippen LogP contribution in [-0.2, 0) is 0 Å². The second-order valence-electron chi connectivity index (χ2n) is 6.29. The lowest BCUT2D eigenvalue weighted by Crippen LogP contribution is -2.36. The van der Waals surface area contributed by atoms with Gasteiger partial charge in [0.1, 0.15) is 0 Å². The van der Waals surface area contributed by atoms with Crippen LogP contribution in [0.1, 0.15) is 58.7 Å². The largest absolute Gasteiger partial charge is 0.351 e. The highest BCUT2D eigenvalue weighted by molar-refractivity contribution is 6.34. The van der Waals surface area contributed by atoms with Crippen molar-refractivity contribution in [3.8, 4) is 0 Å². The Labute approximate surface area is 150 Å². The first-order chi connectivity index (χ1) is 12.0. The Balaban J connectivity index is 1.71. The molecular formula is C18H20ClN3O3. The van der Waals surface area contributed by atoms with Crippen molar-refractivity contribution in [3.05, 3.63) is 46.3 Å². The fourth-order valence-corrected chi connectivity index (χ4v) is 3.15. The van der Waals surface area contributed by atoms with Crippen molar-refractivity contribution in [3.63, 3.8) is 0 Å². The van der Waals surface area contributed by atoms with Crippen LogP contribution in [0.15, 0.2) is 28.8 Å². The number of nitrogens with one attached hydrogen (secondary N) is 2. The Bertz CT molecular complexity index is 782. The molecular weight excluding hydrogens is 342 g/mol. The van der Waals surface area contributed by atoms with Gasteiger partial charge in [0.15, 0.2) is 0 Å². The lowest BCUT2D eigenvalue weighted by atomic mass is 9.95. The summed E-state index contributed by atoms with van der Waals surface area (Å²) in [5, 5.41) is 9.75. The van der Waals surface area contributed by atoms with Crippen LogP contribution in [0.4, 0.5) is 5.69 Å². The second-order valence-corrected chi connectivity index (χ2v) is 6.70. The minimum Gasteiger partial charge on any atom is -0.351 e. The number of rotatable bonds is 4. The number of hydrogen-bond acceptors (Lipinski definition) is 4. The van der Waals surface area contributed by atoms with Gasteiger partial charge in [-0.05, 0) is 38.0 Å². The van der Waals surface area contributed by atoms with Gasteiger partial charge in [-0.1, -0.05) is 36.0 Å². The molecule has 2 N–H and O–H groups in total. The molecule has 25 heavy (non-hydrogen) atoms. The van der Waals surface area contributed by atoms with Crippen LogP contribution in [-0.4, -0.2) is 23.0 Å². The summed E-state index contributed by atoms with van der Waals surface area (Å²) in [7, 11) is 0. The van der Waals surface area contributed by atoms with Crippen LogP contribution < -0.4 is 10.6 Å². The summed E-state index contributed by atoms with van der Waals surface area (Å²) in [5.74, 6) is -0.536. The normalized spacial score (nSPS) is 15.0. The van der Waals surface area contributed by atoms with Crippen LogP contribution >= 0.6 is 11.6 Å². The molecule has 0 unspecified atom stereocenters. The maximum Gasteiger partial charge on any atom is 0.294 e. The van der Waals surface area contributed by atoms with Crippen LogP contribution in [0.3, 0.4) is 0 Å². The number of carbonyl (C=O) groups excluding carboxylic acids is 2. The van der Waals surface area contributed by atoms with E-state index in [-0.39, 0.29) is 17.7 Å². The summed E-state index contributed by atoms with van der Waals surface area (Å²) >= 11 is 6.16. The van der Waals surface area contributed by atoms with E-state index < -0.39 is 5.91 Å². The van der Waals surface area contributed by atoms with E-state index in [0.29, 0.717) is 22.0 Å². The minimum atomic E-state index is -0.429. The molecule has 1 fully saturated rings. The van der Waals surface area contributed by atoms with E-state index in [2.05, 4.69) is 15.8 Å². The predicted octanol–water partition coefficient (Wildman–Crippen LogP) is 3.95. The Kier molecular flexibility index (Phi) is 5.38. The molecule has 0 saturated heterocycles. The van der Waals surface area contributed by atoms with Gasteiger partial charge in [0, 0.05) is 17.8 Å². The van der Waals surface area contributed by atoms with Gasteiger partial charge < -0.3 is 15.2 Å². The number of aryl methyl sites for hydroxylation is 1. The SMILES string of the molecule is Cc1cc(C(=O)Nc2ccc(Cl)c(C(=O)NC3CCCCC3)c2)on1. The smallest absolute Gasteiger partial charge is 0.294 e. The fourth-order valence-electron chi connectivity index (χ4n) is 2.95. The van der Waals surface area contributed by atoms with Crippen molar-refractivity contribution in [1.82, 2.24) is 10.5 Å². The molecule has 132 valence electrons. The molecule has 1 aliphatic carbocycles. The van der Waals surface area contributed by atoms with Gasteiger partial charge in [0.05, 0.1) is 16.3 Å². The van der Waals surface area contributed by atoms with Crippen LogP contribution in [0.2, 0.25) is 5.02 Å². The third-order valence-corrected chi connectivity index (χ3v) is 4.59.